The van der Waals surface area contributed by atoms with E-state index >= 15 is 0 Å². The third-order valence-corrected chi connectivity index (χ3v) is 6.71. The molecule has 0 saturated carbocycles. The maximum atomic E-state index is 12.4. The zero-order chi connectivity index (χ0) is 21.8. The van der Waals surface area contributed by atoms with E-state index in [1.54, 1.807) is 17.8 Å². The number of hydrazone groups is 1. The predicted molar refractivity (Wildman–Crippen MR) is 129 cm³/mol. The van der Waals surface area contributed by atoms with Crippen LogP contribution in [0.4, 0.5) is 0 Å². The van der Waals surface area contributed by atoms with Gasteiger partial charge in [0.1, 0.15) is 10.8 Å². The standard InChI is InChI=1S/C22H19ClN4O2S2/c1-2-19-26-27-20(24)18(21(28)25-22(27)31-19)13-14-3-7-16(8-4-14)29-11-12-30-17-9-5-15(23)6-10-17/h3-10,13,24H,2,11-12H2,1H3/b18-13-,24-20?. The molecule has 0 unspecified atom stereocenters. The summed E-state index contributed by atoms with van der Waals surface area (Å²) in [6.45, 7) is 2.55. The number of halogens is 1. The minimum atomic E-state index is -0.421. The topological polar surface area (TPSA) is 78.1 Å². The van der Waals surface area contributed by atoms with E-state index in [1.807, 2.05) is 55.5 Å². The third-order valence-electron chi connectivity index (χ3n) is 4.42. The number of hydrogen-bond donors (Lipinski definition) is 1. The summed E-state index contributed by atoms with van der Waals surface area (Å²) in [4.78, 5) is 17.6. The summed E-state index contributed by atoms with van der Waals surface area (Å²) in [7, 11) is 0. The highest BCUT2D eigenvalue weighted by Crippen LogP contribution is 2.29. The van der Waals surface area contributed by atoms with Gasteiger partial charge in [0.2, 0.25) is 5.17 Å². The van der Waals surface area contributed by atoms with E-state index in [0.717, 1.165) is 38.4 Å². The molecule has 0 spiro atoms. The highest BCUT2D eigenvalue weighted by atomic mass is 35.5. The molecule has 4 rings (SSSR count). The highest BCUT2D eigenvalue weighted by molar-refractivity contribution is 8.26. The molecule has 0 saturated heterocycles. The molecule has 0 aliphatic carbocycles. The number of thioether (sulfide) groups is 2. The molecule has 2 aliphatic rings. The summed E-state index contributed by atoms with van der Waals surface area (Å²) in [6, 6.07) is 15.1. The Kier molecular flexibility index (Phi) is 6.80. The number of nitrogens with zero attached hydrogens (tertiary/aromatic N) is 3. The molecule has 1 amide bonds. The van der Waals surface area contributed by atoms with Gasteiger partial charge in [-0.3, -0.25) is 10.2 Å². The van der Waals surface area contributed by atoms with Crippen LogP contribution in [-0.2, 0) is 4.79 Å². The molecule has 2 heterocycles. The van der Waals surface area contributed by atoms with E-state index < -0.39 is 5.91 Å². The van der Waals surface area contributed by atoms with Crippen molar-refractivity contribution in [2.45, 2.75) is 18.2 Å². The van der Waals surface area contributed by atoms with Crippen molar-refractivity contribution >= 4 is 63.2 Å². The molecule has 0 aromatic heterocycles. The van der Waals surface area contributed by atoms with Crippen molar-refractivity contribution in [1.29, 1.82) is 5.41 Å². The molecule has 0 atom stereocenters. The van der Waals surface area contributed by atoms with E-state index in [4.69, 9.17) is 21.7 Å². The van der Waals surface area contributed by atoms with Gasteiger partial charge in [-0.15, -0.1) is 11.8 Å². The van der Waals surface area contributed by atoms with Crippen LogP contribution in [0.5, 0.6) is 5.75 Å². The van der Waals surface area contributed by atoms with Gasteiger partial charge in [-0.2, -0.15) is 15.1 Å². The van der Waals surface area contributed by atoms with Crippen LogP contribution in [0.1, 0.15) is 18.9 Å². The Morgan fingerprint density at radius 2 is 1.94 bits per heavy atom. The van der Waals surface area contributed by atoms with Gasteiger partial charge in [-0.05, 0) is 66.2 Å². The second-order valence-electron chi connectivity index (χ2n) is 6.59. The summed E-state index contributed by atoms with van der Waals surface area (Å²) < 4.78 is 5.79. The van der Waals surface area contributed by atoms with Gasteiger partial charge in [-0.25, -0.2) is 0 Å². The summed E-state index contributed by atoms with van der Waals surface area (Å²) in [6.07, 6.45) is 2.40. The van der Waals surface area contributed by atoms with Crippen molar-refractivity contribution in [2.24, 2.45) is 10.1 Å². The molecule has 158 valence electrons. The number of carbonyl (C=O) groups is 1. The quantitative estimate of drug-likeness (QED) is 0.326. The van der Waals surface area contributed by atoms with Crippen LogP contribution in [0.2, 0.25) is 5.02 Å². The fourth-order valence-corrected chi connectivity index (χ4v) is 4.53. The van der Waals surface area contributed by atoms with Crippen molar-refractivity contribution in [3.05, 3.63) is 64.7 Å². The number of fused-ring (bicyclic) bond motifs is 1. The fraction of sp³-hybridized carbons (Fsp3) is 0.182. The van der Waals surface area contributed by atoms with E-state index in [2.05, 4.69) is 10.1 Å². The summed E-state index contributed by atoms with van der Waals surface area (Å²) in [5.74, 6) is 1.19. The maximum Gasteiger partial charge on any atom is 0.283 e. The van der Waals surface area contributed by atoms with Crippen LogP contribution in [0.3, 0.4) is 0 Å². The Balaban J connectivity index is 1.35. The molecule has 0 bridgehead atoms. The SMILES string of the molecule is CCC1=NN2C(=N)/C(=C/c3ccc(OCCSc4ccc(Cl)cc4)cc3)C(=O)N=C2S1. The molecule has 31 heavy (non-hydrogen) atoms. The minimum Gasteiger partial charge on any atom is -0.493 e. The Bertz CT molecular complexity index is 1100. The lowest BCUT2D eigenvalue weighted by atomic mass is 10.1. The molecule has 0 fully saturated rings. The van der Waals surface area contributed by atoms with Gasteiger partial charge in [-0.1, -0.05) is 30.7 Å². The molecule has 2 aromatic carbocycles. The van der Waals surface area contributed by atoms with Crippen molar-refractivity contribution in [2.75, 3.05) is 12.4 Å². The van der Waals surface area contributed by atoms with Crippen LogP contribution in [0.25, 0.3) is 6.08 Å². The highest BCUT2D eigenvalue weighted by Gasteiger charge is 2.34. The molecule has 2 aromatic rings. The summed E-state index contributed by atoms with van der Waals surface area (Å²) in [5.41, 5.74) is 1.01. The molecular formula is C22H19ClN4O2S2. The number of benzene rings is 2. The third kappa shape index (κ3) is 5.20. The van der Waals surface area contributed by atoms with Crippen LogP contribution in [0.15, 0.2) is 69.1 Å². The van der Waals surface area contributed by atoms with E-state index in [1.165, 1.54) is 16.8 Å². The first-order valence-corrected chi connectivity index (χ1v) is 11.8. The number of hydrogen-bond acceptors (Lipinski definition) is 6. The van der Waals surface area contributed by atoms with E-state index in [9.17, 15) is 4.79 Å². The molecule has 9 heteroatoms. The average Bonchev–Trinajstić information content (AvgIpc) is 3.20. The number of amides is 1. The molecule has 0 radical (unpaired) electrons. The van der Waals surface area contributed by atoms with Gasteiger partial charge in [0.25, 0.3) is 5.91 Å². The number of ether oxygens (including phenoxy) is 1. The lowest BCUT2D eigenvalue weighted by Gasteiger charge is -2.20. The zero-order valence-electron chi connectivity index (χ0n) is 16.7. The van der Waals surface area contributed by atoms with Gasteiger partial charge in [0, 0.05) is 15.7 Å². The zero-order valence-corrected chi connectivity index (χ0v) is 19.1. The second-order valence-corrected chi connectivity index (χ2v) is 9.23. The maximum absolute atomic E-state index is 12.4. The second kappa shape index (κ2) is 9.72. The Morgan fingerprint density at radius 3 is 2.65 bits per heavy atom. The van der Waals surface area contributed by atoms with Gasteiger partial charge in [0.05, 0.1) is 12.2 Å². The smallest absolute Gasteiger partial charge is 0.283 e. The van der Waals surface area contributed by atoms with Crippen molar-refractivity contribution < 1.29 is 9.53 Å². The number of carbonyl (C=O) groups excluding carboxylic acids is 1. The average molecular weight is 471 g/mol. The van der Waals surface area contributed by atoms with Gasteiger partial charge >= 0.3 is 0 Å². The minimum absolute atomic E-state index is 0.0468. The number of rotatable bonds is 7. The van der Waals surface area contributed by atoms with Gasteiger partial charge < -0.3 is 4.74 Å². The first-order valence-electron chi connectivity index (χ1n) is 9.64. The van der Waals surface area contributed by atoms with Crippen molar-refractivity contribution in [3.8, 4) is 5.75 Å². The van der Waals surface area contributed by atoms with Crippen molar-refractivity contribution in [3.63, 3.8) is 0 Å². The largest absolute Gasteiger partial charge is 0.493 e. The van der Waals surface area contributed by atoms with Gasteiger partial charge in [0.15, 0.2) is 5.84 Å². The molecule has 2 aliphatic heterocycles. The van der Waals surface area contributed by atoms with Crippen LogP contribution >= 0.6 is 35.1 Å². The lowest BCUT2D eigenvalue weighted by Crippen LogP contribution is -2.35. The van der Waals surface area contributed by atoms with E-state index in [-0.39, 0.29) is 11.4 Å². The first kappa shape index (κ1) is 21.7. The predicted octanol–water partition coefficient (Wildman–Crippen LogP) is 5.54. The Hall–Kier alpha value is -2.55. The number of aliphatic imine (C=N–C) groups is 1. The fourth-order valence-electron chi connectivity index (χ4n) is 2.85. The molecular weight excluding hydrogens is 452 g/mol. The summed E-state index contributed by atoms with van der Waals surface area (Å²) in [5, 5.41) is 16.2. The lowest BCUT2D eigenvalue weighted by molar-refractivity contribution is -0.114. The first-order chi connectivity index (χ1) is 15.0. The summed E-state index contributed by atoms with van der Waals surface area (Å²) >= 11 is 8.93. The Morgan fingerprint density at radius 1 is 1.19 bits per heavy atom. The van der Waals surface area contributed by atoms with E-state index in [0.29, 0.717) is 11.8 Å². The van der Waals surface area contributed by atoms with Crippen LogP contribution in [0, 0.1) is 5.41 Å². The monoisotopic (exact) mass is 470 g/mol. The van der Waals surface area contributed by atoms with Crippen LogP contribution < -0.4 is 4.74 Å². The van der Waals surface area contributed by atoms with Crippen LogP contribution in [-0.4, -0.2) is 39.3 Å². The molecule has 6 nitrogen and oxygen atoms in total. The molecule has 1 N–H and O–H groups in total. The van der Waals surface area contributed by atoms with Crippen molar-refractivity contribution in [1.82, 2.24) is 5.01 Å². The number of nitrogens with one attached hydrogen (secondary N) is 1. The Labute approximate surface area is 193 Å². The normalized spacial score (nSPS) is 17.0. The number of amidine groups is 2.